The van der Waals surface area contributed by atoms with Crippen LogP contribution in [0.15, 0.2) is 22.8 Å². The van der Waals surface area contributed by atoms with Crippen molar-refractivity contribution in [2.45, 2.75) is 51.5 Å². The summed E-state index contributed by atoms with van der Waals surface area (Å²) in [4.78, 5) is 15.0. The quantitative estimate of drug-likeness (QED) is 0.762. The second-order valence-corrected chi connectivity index (χ2v) is 8.48. The van der Waals surface area contributed by atoms with Crippen LogP contribution in [-0.4, -0.2) is 31.1 Å². The summed E-state index contributed by atoms with van der Waals surface area (Å²) in [5, 5.41) is 0. The molecule has 0 spiro atoms. The Balaban J connectivity index is 1.44. The maximum Gasteiger partial charge on any atom is 0.223 e. The van der Waals surface area contributed by atoms with Crippen molar-refractivity contribution < 1.29 is 13.9 Å². The van der Waals surface area contributed by atoms with Gasteiger partial charge in [0.25, 0.3) is 0 Å². The zero-order chi connectivity index (χ0) is 16.6. The van der Waals surface area contributed by atoms with Gasteiger partial charge in [-0.1, -0.05) is 0 Å². The van der Waals surface area contributed by atoms with Gasteiger partial charge in [-0.3, -0.25) is 4.79 Å². The summed E-state index contributed by atoms with van der Waals surface area (Å²) >= 11 is 0. The fourth-order valence-electron chi connectivity index (χ4n) is 6.02. The third kappa shape index (κ3) is 3.26. The number of methoxy groups -OCH3 is 1. The van der Waals surface area contributed by atoms with Gasteiger partial charge in [0.15, 0.2) is 0 Å². The lowest BCUT2D eigenvalue weighted by atomic mass is 9.49. The molecule has 1 aromatic heterocycles. The number of nitrogens with zero attached hydrogens (tertiary/aromatic N) is 1. The van der Waals surface area contributed by atoms with E-state index >= 15 is 0 Å². The molecule has 4 saturated carbocycles. The number of rotatable bonds is 7. The molecule has 0 aromatic carbocycles. The minimum Gasteiger partial charge on any atom is -0.467 e. The predicted octanol–water partition coefficient (Wildman–Crippen LogP) is 3.86. The molecule has 0 saturated heterocycles. The average molecular weight is 331 g/mol. The van der Waals surface area contributed by atoms with Crippen molar-refractivity contribution in [3.63, 3.8) is 0 Å². The highest BCUT2D eigenvalue weighted by Gasteiger charge is 2.51. The smallest absolute Gasteiger partial charge is 0.223 e. The standard InChI is InChI=1S/C20H29NO3/c1-23-6-4-21(14-18-3-2-5-24-18)19(22)13-20-10-15-7-16(11-20)9-17(8-15)12-20/h2-3,5,15-17H,4,6-14H2,1H3. The molecule has 4 fully saturated rings. The number of carbonyl (C=O) groups is 1. The summed E-state index contributed by atoms with van der Waals surface area (Å²) in [6.07, 6.45) is 10.5. The first-order valence-corrected chi connectivity index (χ1v) is 9.45. The first kappa shape index (κ1) is 16.2. The van der Waals surface area contributed by atoms with Crippen LogP contribution in [0.3, 0.4) is 0 Å². The van der Waals surface area contributed by atoms with E-state index < -0.39 is 0 Å². The lowest BCUT2D eigenvalue weighted by Gasteiger charge is -2.57. The summed E-state index contributed by atoms with van der Waals surface area (Å²) in [5.74, 6) is 3.81. The van der Waals surface area contributed by atoms with Crippen LogP contribution in [0.4, 0.5) is 0 Å². The topological polar surface area (TPSA) is 42.7 Å². The van der Waals surface area contributed by atoms with Crippen LogP contribution < -0.4 is 0 Å². The summed E-state index contributed by atoms with van der Waals surface area (Å²) in [7, 11) is 1.69. The number of furan rings is 1. The maximum atomic E-state index is 13.1. The molecule has 0 radical (unpaired) electrons. The van der Waals surface area contributed by atoms with Gasteiger partial charge in [-0.25, -0.2) is 0 Å². The third-order valence-corrected chi connectivity index (χ3v) is 6.54. The van der Waals surface area contributed by atoms with Crippen molar-refractivity contribution >= 4 is 5.91 Å². The molecule has 0 N–H and O–H groups in total. The van der Waals surface area contributed by atoms with E-state index in [9.17, 15) is 4.79 Å². The molecular formula is C20H29NO3. The van der Waals surface area contributed by atoms with Crippen molar-refractivity contribution in [1.29, 1.82) is 0 Å². The van der Waals surface area contributed by atoms with Crippen molar-refractivity contribution in [3.8, 4) is 0 Å². The van der Waals surface area contributed by atoms with Crippen LogP contribution in [-0.2, 0) is 16.1 Å². The Morgan fingerprint density at radius 3 is 2.46 bits per heavy atom. The summed E-state index contributed by atoms with van der Waals surface area (Å²) in [6.45, 7) is 1.78. The lowest BCUT2D eigenvalue weighted by Crippen LogP contribution is -2.48. The third-order valence-electron chi connectivity index (χ3n) is 6.54. The van der Waals surface area contributed by atoms with Gasteiger partial charge in [0, 0.05) is 20.1 Å². The first-order valence-electron chi connectivity index (χ1n) is 9.45. The van der Waals surface area contributed by atoms with E-state index in [2.05, 4.69) is 0 Å². The Bertz CT molecular complexity index is 530. The van der Waals surface area contributed by atoms with Crippen molar-refractivity contribution in [1.82, 2.24) is 4.90 Å². The average Bonchev–Trinajstić information content (AvgIpc) is 3.02. The highest BCUT2D eigenvalue weighted by molar-refractivity contribution is 5.77. The van der Waals surface area contributed by atoms with Gasteiger partial charge in [-0.2, -0.15) is 0 Å². The molecule has 24 heavy (non-hydrogen) atoms. The molecule has 4 bridgehead atoms. The van der Waals surface area contributed by atoms with Crippen LogP contribution in [0.2, 0.25) is 0 Å². The van der Waals surface area contributed by atoms with E-state index in [0.29, 0.717) is 25.1 Å². The molecule has 1 heterocycles. The van der Waals surface area contributed by atoms with Gasteiger partial charge in [0.05, 0.1) is 19.4 Å². The molecule has 4 heteroatoms. The minimum absolute atomic E-state index is 0.283. The normalized spacial score (nSPS) is 33.8. The van der Waals surface area contributed by atoms with Crippen LogP contribution in [0.25, 0.3) is 0 Å². The molecule has 1 amide bonds. The largest absolute Gasteiger partial charge is 0.467 e. The zero-order valence-electron chi connectivity index (χ0n) is 14.7. The Labute approximate surface area is 144 Å². The molecular weight excluding hydrogens is 302 g/mol. The monoisotopic (exact) mass is 331 g/mol. The van der Waals surface area contributed by atoms with Crippen molar-refractivity contribution in [2.24, 2.45) is 23.2 Å². The second-order valence-electron chi connectivity index (χ2n) is 8.48. The fourth-order valence-corrected chi connectivity index (χ4v) is 6.02. The lowest BCUT2D eigenvalue weighted by molar-refractivity contribution is -0.141. The Kier molecular flexibility index (Phi) is 4.42. The van der Waals surface area contributed by atoms with Gasteiger partial charge in [0.1, 0.15) is 5.76 Å². The van der Waals surface area contributed by atoms with Crippen LogP contribution >= 0.6 is 0 Å². The highest BCUT2D eigenvalue weighted by atomic mass is 16.5. The Hall–Kier alpha value is -1.29. The molecule has 4 nitrogen and oxygen atoms in total. The Morgan fingerprint density at radius 2 is 1.92 bits per heavy atom. The summed E-state index contributed by atoms with van der Waals surface area (Å²) in [6, 6.07) is 3.82. The SMILES string of the molecule is COCCN(Cc1ccco1)C(=O)CC12CC3CC(CC(C3)C1)C2. The number of ether oxygens (including phenoxy) is 1. The number of hydrogen-bond acceptors (Lipinski definition) is 3. The highest BCUT2D eigenvalue weighted by Crippen LogP contribution is 2.61. The van der Waals surface area contributed by atoms with E-state index in [4.69, 9.17) is 9.15 Å². The molecule has 1 aromatic rings. The van der Waals surface area contributed by atoms with Crippen LogP contribution in [0.5, 0.6) is 0 Å². The Morgan fingerprint density at radius 1 is 1.25 bits per heavy atom. The molecule has 0 unspecified atom stereocenters. The second kappa shape index (κ2) is 6.55. The van der Waals surface area contributed by atoms with E-state index in [1.165, 1.54) is 38.5 Å². The van der Waals surface area contributed by atoms with Gasteiger partial charge in [-0.15, -0.1) is 0 Å². The first-order chi connectivity index (χ1) is 11.7. The van der Waals surface area contributed by atoms with Crippen molar-refractivity contribution in [2.75, 3.05) is 20.3 Å². The molecule has 4 aliphatic carbocycles. The van der Waals surface area contributed by atoms with E-state index in [1.807, 2.05) is 17.0 Å². The van der Waals surface area contributed by atoms with E-state index in [0.717, 1.165) is 29.9 Å². The van der Waals surface area contributed by atoms with Gasteiger partial charge in [-0.05, 0) is 73.8 Å². The summed E-state index contributed by atoms with van der Waals surface area (Å²) < 4.78 is 10.7. The summed E-state index contributed by atoms with van der Waals surface area (Å²) in [5.41, 5.74) is 0.292. The number of carbonyl (C=O) groups excluding carboxylic acids is 1. The number of amides is 1. The van der Waals surface area contributed by atoms with Gasteiger partial charge < -0.3 is 14.1 Å². The molecule has 0 atom stereocenters. The molecule has 0 aliphatic heterocycles. The van der Waals surface area contributed by atoms with Gasteiger partial charge >= 0.3 is 0 Å². The van der Waals surface area contributed by atoms with Crippen LogP contribution in [0, 0.1) is 23.2 Å². The minimum atomic E-state index is 0.283. The molecule has 132 valence electrons. The van der Waals surface area contributed by atoms with E-state index in [1.54, 1.807) is 13.4 Å². The number of hydrogen-bond donors (Lipinski definition) is 0. The van der Waals surface area contributed by atoms with Crippen LogP contribution in [0.1, 0.15) is 50.7 Å². The molecule has 5 rings (SSSR count). The van der Waals surface area contributed by atoms with E-state index in [-0.39, 0.29) is 5.91 Å². The van der Waals surface area contributed by atoms with Gasteiger partial charge in [0.2, 0.25) is 5.91 Å². The van der Waals surface area contributed by atoms with Crippen molar-refractivity contribution in [3.05, 3.63) is 24.2 Å². The maximum absolute atomic E-state index is 13.1. The zero-order valence-corrected chi connectivity index (χ0v) is 14.7. The predicted molar refractivity (Wildman–Crippen MR) is 91.2 cm³/mol. The fraction of sp³-hybridized carbons (Fsp3) is 0.750. The molecule has 4 aliphatic rings.